The van der Waals surface area contributed by atoms with Crippen LogP contribution in [0.25, 0.3) is 0 Å². The Morgan fingerprint density at radius 1 is 1.12 bits per heavy atom. The van der Waals surface area contributed by atoms with Crippen molar-refractivity contribution in [1.82, 2.24) is 5.32 Å². The van der Waals surface area contributed by atoms with Crippen molar-refractivity contribution in [1.29, 1.82) is 0 Å². The SMILES string of the molecule is O=C(CCC(=O)c1ccc(Br)s1)NC(C(=O)O)c1ccc(F)cc1. The Balaban J connectivity index is 1.94. The lowest BCUT2D eigenvalue weighted by Gasteiger charge is -2.14. The van der Waals surface area contributed by atoms with E-state index >= 15 is 0 Å². The molecule has 0 aliphatic heterocycles. The van der Waals surface area contributed by atoms with Crippen LogP contribution in [0.4, 0.5) is 4.39 Å². The van der Waals surface area contributed by atoms with Crippen LogP contribution >= 0.6 is 27.3 Å². The van der Waals surface area contributed by atoms with E-state index in [-0.39, 0.29) is 24.2 Å². The van der Waals surface area contributed by atoms with Crippen LogP contribution in [0, 0.1) is 5.82 Å². The molecule has 2 N–H and O–H groups in total. The standard InChI is InChI=1S/C16H13BrFNO4S/c17-13-7-6-12(24-13)11(20)5-8-14(21)19-15(16(22)23)9-1-3-10(18)4-2-9/h1-4,6-7,15H,5,8H2,(H,19,21)(H,22,23). The number of halogens is 2. The maximum atomic E-state index is 12.9. The van der Waals surface area contributed by atoms with Crippen molar-refractivity contribution < 1.29 is 23.9 Å². The van der Waals surface area contributed by atoms with Gasteiger partial charge in [0, 0.05) is 12.8 Å². The molecule has 1 aromatic carbocycles. The minimum Gasteiger partial charge on any atom is -0.479 e. The van der Waals surface area contributed by atoms with Crippen LogP contribution in [-0.4, -0.2) is 22.8 Å². The van der Waals surface area contributed by atoms with Crippen LogP contribution in [0.5, 0.6) is 0 Å². The fraction of sp³-hybridized carbons (Fsp3) is 0.188. The molecule has 5 nitrogen and oxygen atoms in total. The molecule has 1 unspecified atom stereocenters. The van der Waals surface area contributed by atoms with Crippen LogP contribution in [-0.2, 0) is 9.59 Å². The highest BCUT2D eigenvalue weighted by atomic mass is 79.9. The van der Waals surface area contributed by atoms with E-state index in [4.69, 9.17) is 0 Å². The second kappa shape index (κ2) is 8.16. The average Bonchev–Trinajstić information content (AvgIpc) is 2.97. The Bertz CT molecular complexity index is 760. The Hall–Kier alpha value is -2.06. The molecule has 2 aromatic rings. The summed E-state index contributed by atoms with van der Waals surface area (Å²) in [5, 5.41) is 11.6. The molecule has 8 heteroatoms. The summed E-state index contributed by atoms with van der Waals surface area (Å²) >= 11 is 4.53. The second-order valence-corrected chi connectivity index (χ2v) is 7.38. The lowest BCUT2D eigenvalue weighted by atomic mass is 10.1. The van der Waals surface area contributed by atoms with Crippen LogP contribution in [0.15, 0.2) is 40.2 Å². The molecule has 1 atom stereocenters. The third kappa shape index (κ3) is 4.97. The molecule has 2 rings (SSSR count). The van der Waals surface area contributed by atoms with Gasteiger partial charge in [-0.25, -0.2) is 9.18 Å². The maximum Gasteiger partial charge on any atom is 0.330 e. The van der Waals surface area contributed by atoms with Gasteiger partial charge in [0.25, 0.3) is 0 Å². The Morgan fingerprint density at radius 3 is 2.33 bits per heavy atom. The number of carbonyl (C=O) groups is 3. The quantitative estimate of drug-likeness (QED) is 0.679. The minimum atomic E-state index is -1.29. The summed E-state index contributed by atoms with van der Waals surface area (Å²) in [5.41, 5.74) is 0.255. The van der Waals surface area contributed by atoms with E-state index in [9.17, 15) is 23.9 Å². The summed E-state index contributed by atoms with van der Waals surface area (Å²) in [4.78, 5) is 35.7. The van der Waals surface area contributed by atoms with E-state index < -0.39 is 23.7 Å². The predicted molar refractivity (Wildman–Crippen MR) is 90.5 cm³/mol. The first-order valence-electron chi connectivity index (χ1n) is 6.93. The van der Waals surface area contributed by atoms with Gasteiger partial charge in [-0.15, -0.1) is 11.3 Å². The summed E-state index contributed by atoms with van der Waals surface area (Å²) in [6.45, 7) is 0. The normalized spacial score (nSPS) is 11.8. The molecule has 0 saturated carbocycles. The largest absolute Gasteiger partial charge is 0.479 e. The first-order valence-corrected chi connectivity index (χ1v) is 8.54. The van der Waals surface area contributed by atoms with E-state index in [0.717, 1.165) is 15.9 Å². The van der Waals surface area contributed by atoms with Gasteiger partial charge in [-0.3, -0.25) is 9.59 Å². The zero-order chi connectivity index (χ0) is 17.7. The Morgan fingerprint density at radius 2 is 1.79 bits per heavy atom. The number of carboxylic acids is 1. The van der Waals surface area contributed by atoms with Crippen molar-refractivity contribution >= 4 is 44.9 Å². The molecule has 0 radical (unpaired) electrons. The molecular weight excluding hydrogens is 401 g/mol. The third-order valence-electron chi connectivity index (χ3n) is 3.18. The van der Waals surface area contributed by atoms with Crippen LogP contribution < -0.4 is 5.32 Å². The van der Waals surface area contributed by atoms with Crippen molar-refractivity contribution in [2.45, 2.75) is 18.9 Å². The van der Waals surface area contributed by atoms with Crippen molar-refractivity contribution in [3.05, 3.63) is 56.4 Å². The monoisotopic (exact) mass is 413 g/mol. The summed E-state index contributed by atoms with van der Waals surface area (Å²) in [5.74, 6) is -2.50. The zero-order valence-electron chi connectivity index (χ0n) is 12.3. The van der Waals surface area contributed by atoms with E-state index in [1.165, 1.54) is 23.5 Å². The molecule has 0 aliphatic carbocycles. The number of rotatable bonds is 7. The van der Waals surface area contributed by atoms with Crippen LogP contribution in [0.3, 0.4) is 0 Å². The maximum absolute atomic E-state index is 12.9. The minimum absolute atomic E-state index is 0.0193. The summed E-state index contributed by atoms with van der Waals surface area (Å²) in [7, 11) is 0. The lowest BCUT2D eigenvalue weighted by molar-refractivity contribution is -0.142. The summed E-state index contributed by atoms with van der Waals surface area (Å²) in [6, 6.07) is 6.95. The van der Waals surface area contributed by atoms with Crippen molar-refractivity contribution in [2.75, 3.05) is 0 Å². The van der Waals surface area contributed by atoms with Gasteiger partial charge in [0.2, 0.25) is 5.91 Å². The number of aliphatic carboxylic acids is 1. The predicted octanol–water partition coefficient (Wildman–Crippen LogP) is 3.55. The summed E-state index contributed by atoms with van der Waals surface area (Å²) < 4.78 is 13.7. The van der Waals surface area contributed by atoms with Gasteiger partial charge in [-0.1, -0.05) is 12.1 Å². The number of carbonyl (C=O) groups excluding carboxylic acids is 2. The Kier molecular flexibility index (Phi) is 6.22. The zero-order valence-corrected chi connectivity index (χ0v) is 14.7. The lowest BCUT2D eigenvalue weighted by Crippen LogP contribution is -2.33. The highest BCUT2D eigenvalue weighted by Crippen LogP contribution is 2.23. The number of thiophene rings is 1. The van der Waals surface area contributed by atoms with Crippen LogP contribution in [0.1, 0.15) is 34.1 Å². The third-order valence-corrected chi connectivity index (χ3v) is 4.85. The number of amides is 1. The number of hydrogen-bond donors (Lipinski definition) is 2. The Labute approximate surface area is 149 Å². The number of ketones is 1. The summed E-state index contributed by atoms with van der Waals surface area (Å²) in [6.07, 6.45) is -0.145. The highest BCUT2D eigenvalue weighted by molar-refractivity contribution is 9.11. The molecule has 126 valence electrons. The molecule has 0 saturated heterocycles. The molecule has 0 spiro atoms. The number of Topliss-reactive ketones (excluding diaryl/α,β-unsaturated/α-hetero) is 1. The highest BCUT2D eigenvalue weighted by Gasteiger charge is 2.22. The van der Waals surface area contributed by atoms with Gasteiger partial charge >= 0.3 is 5.97 Å². The molecule has 0 fully saturated rings. The fourth-order valence-electron chi connectivity index (χ4n) is 1.99. The first kappa shape index (κ1) is 18.3. The molecule has 24 heavy (non-hydrogen) atoms. The van der Waals surface area contributed by atoms with Crippen molar-refractivity contribution in [3.8, 4) is 0 Å². The number of hydrogen-bond acceptors (Lipinski definition) is 4. The van der Waals surface area contributed by atoms with E-state index in [0.29, 0.717) is 4.88 Å². The van der Waals surface area contributed by atoms with Gasteiger partial charge < -0.3 is 10.4 Å². The smallest absolute Gasteiger partial charge is 0.330 e. The van der Waals surface area contributed by atoms with E-state index in [1.807, 2.05) is 0 Å². The first-order chi connectivity index (χ1) is 11.4. The molecule has 0 aliphatic rings. The number of nitrogens with one attached hydrogen (secondary N) is 1. The van der Waals surface area contributed by atoms with Crippen LogP contribution in [0.2, 0.25) is 0 Å². The molecule has 0 bridgehead atoms. The number of carboxylic acid groups (broad SMARTS) is 1. The van der Waals surface area contributed by atoms with Gasteiger partial charge in [-0.2, -0.15) is 0 Å². The second-order valence-electron chi connectivity index (χ2n) is 4.92. The molecule has 1 heterocycles. The van der Waals surface area contributed by atoms with Gasteiger partial charge in [0.1, 0.15) is 5.82 Å². The molecule has 1 amide bonds. The molecule has 1 aromatic heterocycles. The van der Waals surface area contributed by atoms with E-state index in [1.54, 1.807) is 12.1 Å². The van der Waals surface area contributed by atoms with Gasteiger partial charge in [0.05, 0.1) is 8.66 Å². The topological polar surface area (TPSA) is 83.5 Å². The van der Waals surface area contributed by atoms with Crippen molar-refractivity contribution in [3.63, 3.8) is 0 Å². The fourth-order valence-corrected chi connectivity index (χ4v) is 3.34. The van der Waals surface area contributed by atoms with Gasteiger partial charge in [-0.05, 0) is 45.8 Å². The van der Waals surface area contributed by atoms with E-state index in [2.05, 4.69) is 21.2 Å². The number of benzene rings is 1. The van der Waals surface area contributed by atoms with Gasteiger partial charge in [0.15, 0.2) is 11.8 Å². The van der Waals surface area contributed by atoms with Crippen molar-refractivity contribution in [2.24, 2.45) is 0 Å². The molecular formula is C16H13BrFNO4S. The average molecular weight is 414 g/mol.